The second kappa shape index (κ2) is 9.22. The fourth-order valence-electron chi connectivity index (χ4n) is 3.46. The topological polar surface area (TPSA) is 32.3 Å². The fraction of sp³-hybridized carbons (Fsp3) is 0.667. The summed E-state index contributed by atoms with van der Waals surface area (Å²) in [6.45, 7) is 12.2. The third-order valence-corrected chi connectivity index (χ3v) is 5.36. The molecule has 1 N–H and O–H groups in total. The zero-order chi connectivity index (χ0) is 17.5. The quantitative estimate of drug-likeness (QED) is 0.815. The van der Waals surface area contributed by atoms with Crippen molar-refractivity contribution in [3.8, 4) is 0 Å². The number of aryl methyl sites for hydroxylation is 1. The Morgan fingerprint density at radius 1 is 1.25 bits per heavy atom. The molecule has 3 unspecified atom stereocenters. The third kappa shape index (κ3) is 5.62. The molecule has 1 aliphatic rings. The summed E-state index contributed by atoms with van der Waals surface area (Å²) in [5, 5.41) is 3.15. The number of hydrogen-bond acceptors (Lipinski definition) is 2. The van der Waals surface area contributed by atoms with E-state index < -0.39 is 0 Å². The van der Waals surface area contributed by atoms with E-state index >= 15 is 0 Å². The molecule has 0 bridgehead atoms. The summed E-state index contributed by atoms with van der Waals surface area (Å²) in [5.41, 5.74) is 2.08. The minimum atomic E-state index is 0.0444. The molecule has 0 aliphatic carbocycles. The van der Waals surface area contributed by atoms with Crippen LogP contribution in [0.2, 0.25) is 0 Å². The van der Waals surface area contributed by atoms with Crippen LogP contribution in [0.3, 0.4) is 0 Å². The first-order valence-electron chi connectivity index (χ1n) is 9.61. The summed E-state index contributed by atoms with van der Waals surface area (Å²) in [6, 6.07) is 8.26. The van der Waals surface area contributed by atoms with E-state index in [0.29, 0.717) is 0 Å². The minimum absolute atomic E-state index is 0.0444. The Morgan fingerprint density at radius 3 is 2.58 bits per heavy atom. The van der Waals surface area contributed by atoms with E-state index in [1.165, 1.54) is 24.8 Å². The summed E-state index contributed by atoms with van der Waals surface area (Å²) in [6.07, 6.45) is 4.77. The second-order valence-corrected chi connectivity index (χ2v) is 7.68. The monoisotopic (exact) mass is 330 g/mol. The summed E-state index contributed by atoms with van der Waals surface area (Å²) in [5.74, 6) is 1.61. The lowest BCUT2D eigenvalue weighted by Crippen LogP contribution is -2.46. The van der Waals surface area contributed by atoms with Gasteiger partial charge in [0.25, 0.3) is 5.91 Å². The first-order chi connectivity index (χ1) is 11.5. The van der Waals surface area contributed by atoms with Gasteiger partial charge in [-0.15, -0.1) is 0 Å². The molecule has 2 rings (SSSR count). The zero-order valence-corrected chi connectivity index (χ0v) is 15.8. The van der Waals surface area contributed by atoms with Crippen molar-refractivity contribution < 1.29 is 4.79 Å². The van der Waals surface area contributed by atoms with E-state index in [0.717, 1.165) is 43.5 Å². The highest BCUT2D eigenvalue weighted by molar-refractivity contribution is 5.94. The number of piperidine rings is 1. The van der Waals surface area contributed by atoms with Crippen molar-refractivity contribution in [1.29, 1.82) is 0 Å². The molecule has 0 aromatic heterocycles. The molecule has 1 aliphatic heterocycles. The molecular formula is C21H34N2O. The number of benzene rings is 1. The number of likely N-dealkylation sites (tertiary alicyclic amines) is 1. The fourth-order valence-corrected chi connectivity index (χ4v) is 3.46. The average Bonchev–Trinajstić information content (AvgIpc) is 2.56. The predicted molar refractivity (Wildman–Crippen MR) is 101 cm³/mol. The Hall–Kier alpha value is -1.35. The maximum atomic E-state index is 12.4. The van der Waals surface area contributed by atoms with Crippen molar-refractivity contribution in [1.82, 2.24) is 10.2 Å². The molecule has 1 fully saturated rings. The number of nitrogens with zero attached hydrogens (tertiary/aromatic N) is 1. The lowest BCUT2D eigenvalue weighted by molar-refractivity contribution is 0.0904. The van der Waals surface area contributed by atoms with Gasteiger partial charge in [0.05, 0.1) is 0 Å². The average molecular weight is 331 g/mol. The highest BCUT2D eigenvalue weighted by atomic mass is 16.1. The standard InChI is InChI=1S/C21H34N2O/c1-5-6-7-19-8-10-20(11-9-19)21(24)22-18(4)15-23-13-12-16(2)17(3)14-23/h8-11,16-18H,5-7,12-15H2,1-4H3,(H,22,24). The largest absolute Gasteiger partial charge is 0.348 e. The Morgan fingerprint density at radius 2 is 1.96 bits per heavy atom. The van der Waals surface area contributed by atoms with Gasteiger partial charge in [-0.3, -0.25) is 4.79 Å². The molecule has 3 atom stereocenters. The molecule has 0 radical (unpaired) electrons. The van der Waals surface area contributed by atoms with Crippen LogP contribution in [0.15, 0.2) is 24.3 Å². The Labute approximate surface area is 147 Å². The van der Waals surface area contributed by atoms with Gasteiger partial charge in [-0.2, -0.15) is 0 Å². The number of unbranched alkanes of at least 4 members (excludes halogenated alkanes) is 1. The van der Waals surface area contributed by atoms with Crippen LogP contribution in [0, 0.1) is 11.8 Å². The normalized spacial score (nSPS) is 23.0. The van der Waals surface area contributed by atoms with Crippen molar-refractivity contribution in [3.05, 3.63) is 35.4 Å². The molecule has 1 saturated heterocycles. The summed E-state index contributed by atoms with van der Waals surface area (Å²) < 4.78 is 0. The van der Waals surface area contributed by atoms with Gasteiger partial charge in [-0.1, -0.05) is 39.3 Å². The minimum Gasteiger partial charge on any atom is -0.348 e. The SMILES string of the molecule is CCCCc1ccc(C(=O)NC(C)CN2CCC(C)C(C)C2)cc1. The van der Waals surface area contributed by atoms with Crippen LogP contribution in [0.4, 0.5) is 0 Å². The Bertz CT molecular complexity index is 511. The Kier molecular flexibility index (Phi) is 7.29. The maximum Gasteiger partial charge on any atom is 0.251 e. The van der Waals surface area contributed by atoms with Gasteiger partial charge in [-0.05, 0) is 62.3 Å². The Balaban J connectivity index is 1.80. The van der Waals surface area contributed by atoms with Crippen LogP contribution in [0.5, 0.6) is 0 Å². The number of hydrogen-bond donors (Lipinski definition) is 1. The van der Waals surface area contributed by atoms with E-state index in [2.05, 4.69) is 50.0 Å². The van der Waals surface area contributed by atoms with Gasteiger partial charge >= 0.3 is 0 Å². The molecule has 134 valence electrons. The van der Waals surface area contributed by atoms with Crippen LogP contribution >= 0.6 is 0 Å². The van der Waals surface area contributed by atoms with Gasteiger partial charge in [0.15, 0.2) is 0 Å². The number of carbonyl (C=O) groups is 1. The number of amides is 1. The maximum absolute atomic E-state index is 12.4. The summed E-state index contributed by atoms with van der Waals surface area (Å²) in [4.78, 5) is 14.9. The van der Waals surface area contributed by atoms with E-state index in [9.17, 15) is 4.79 Å². The van der Waals surface area contributed by atoms with Crippen molar-refractivity contribution >= 4 is 5.91 Å². The van der Waals surface area contributed by atoms with Crippen molar-refractivity contribution in [3.63, 3.8) is 0 Å². The molecule has 24 heavy (non-hydrogen) atoms. The molecule has 3 nitrogen and oxygen atoms in total. The van der Waals surface area contributed by atoms with Gasteiger partial charge in [-0.25, -0.2) is 0 Å². The van der Waals surface area contributed by atoms with E-state index in [1.807, 2.05) is 12.1 Å². The molecule has 1 amide bonds. The lowest BCUT2D eigenvalue weighted by atomic mass is 9.88. The van der Waals surface area contributed by atoms with Crippen molar-refractivity contribution in [2.24, 2.45) is 11.8 Å². The number of rotatable bonds is 7. The van der Waals surface area contributed by atoms with E-state index in [-0.39, 0.29) is 11.9 Å². The summed E-state index contributed by atoms with van der Waals surface area (Å²) in [7, 11) is 0. The van der Waals surface area contributed by atoms with Crippen LogP contribution in [0.1, 0.15) is 62.9 Å². The molecular weight excluding hydrogens is 296 g/mol. The molecule has 1 aromatic rings. The summed E-state index contributed by atoms with van der Waals surface area (Å²) >= 11 is 0. The lowest BCUT2D eigenvalue weighted by Gasteiger charge is -2.36. The van der Waals surface area contributed by atoms with Crippen LogP contribution in [-0.2, 0) is 6.42 Å². The molecule has 0 spiro atoms. The predicted octanol–water partition coefficient (Wildman–Crippen LogP) is 4.13. The first kappa shape index (κ1) is 19.0. The smallest absolute Gasteiger partial charge is 0.251 e. The van der Waals surface area contributed by atoms with Crippen LogP contribution in [-0.4, -0.2) is 36.5 Å². The van der Waals surface area contributed by atoms with E-state index in [1.54, 1.807) is 0 Å². The van der Waals surface area contributed by atoms with Crippen LogP contribution in [0.25, 0.3) is 0 Å². The van der Waals surface area contributed by atoms with Gasteiger partial charge in [0.2, 0.25) is 0 Å². The molecule has 0 saturated carbocycles. The number of nitrogens with one attached hydrogen (secondary N) is 1. The third-order valence-electron chi connectivity index (χ3n) is 5.36. The van der Waals surface area contributed by atoms with Crippen molar-refractivity contribution in [2.75, 3.05) is 19.6 Å². The van der Waals surface area contributed by atoms with Crippen molar-refractivity contribution in [2.45, 2.75) is 59.4 Å². The van der Waals surface area contributed by atoms with Gasteiger partial charge in [0.1, 0.15) is 0 Å². The number of carbonyl (C=O) groups excluding carboxylic acids is 1. The second-order valence-electron chi connectivity index (χ2n) is 7.68. The zero-order valence-electron chi connectivity index (χ0n) is 15.8. The molecule has 1 heterocycles. The highest BCUT2D eigenvalue weighted by Crippen LogP contribution is 2.22. The van der Waals surface area contributed by atoms with Crippen LogP contribution < -0.4 is 5.32 Å². The molecule has 1 aromatic carbocycles. The van der Waals surface area contributed by atoms with Gasteiger partial charge < -0.3 is 10.2 Å². The van der Waals surface area contributed by atoms with Gasteiger partial charge in [0, 0.05) is 24.7 Å². The van der Waals surface area contributed by atoms with E-state index in [4.69, 9.17) is 0 Å². The first-order valence-corrected chi connectivity index (χ1v) is 9.61. The molecule has 3 heteroatoms. The highest BCUT2D eigenvalue weighted by Gasteiger charge is 2.23.